The van der Waals surface area contributed by atoms with E-state index in [4.69, 9.17) is 5.73 Å². The third-order valence-corrected chi connectivity index (χ3v) is 2.75. The molecular weight excluding hydrogens is 238 g/mol. The minimum Gasteiger partial charge on any atom is -0.370 e. The summed E-state index contributed by atoms with van der Waals surface area (Å²) >= 11 is 0. The molecule has 19 heavy (non-hydrogen) atoms. The molecule has 0 aliphatic rings. The third kappa shape index (κ3) is 6.96. The summed E-state index contributed by atoms with van der Waals surface area (Å²) in [6, 6.07) is 1.95. The average molecular weight is 265 g/mol. The van der Waals surface area contributed by atoms with E-state index in [9.17, 15) is 0 Å². The predicted octanol–water partition coefficient (Wildman–Crippen LogP) is 2.54. The molecule has 1 rings (SSSR count). The van der Waals surface area contributed by atoms with Crippen molar-refractivity contribution in [1.82, 2.24) is 9.97 Å². The standard InChI is InChI=1S/C14H27N5/c1-5-6-8-16-12-10-13(19-11(2)18-12)17-9-7-14(3,4)15/h10H,5-9,15H2,1-4H3,(H2,16,17,18,19). The van der Waals surface area contributed by atoms with Gasteiger partial charge >= 0.3 is 0 Å². The van der Waals surface area contributed by atoms with E-state index in [1.165, 1.54) is 6.42 Å². The topological polar surface area (TPSA) is 75.9 Å². The number of unbranched alkanes of at least 4 members (excludes halogenated alkanes) is 1. The number of hydrogen-bond donors (Lipinski definition) is 3. The molecule has 1 aromatic rings. The van der Waals surface area contributed by atoms with E-state index in [1.807, 2.05) is 26.8 Å². The Balaban J connectivity index is 2.53. The lowest BCUT2D eigenvalue weighted by Gasteiger charge is -2.18. The highest BCUT2D eigenvalue weighted by molar-refractivity contribution is 5.47. The fraction of sp³-hybridized carbons (Fsp3) is 0.714. The number of anilines is 2. The maximum atomic E-state index is 5.96. The third-order valence-electron chi connectivity index (χ3n) is 2.75. The molecule has 4 N–H and O–H groups in total. The van der Waals surface area contributed by atoms with Gasteiger partial charge in [0.05, 0.1) is 0 Å². The highest BCUT2D eigenvalue weighted by atomic mass is 15.1. The number of nitrogens with one attached hydrogen (secondary N) is 2. The maximum absolute atomic E-state index is 5.96. The first-order chi connectivity index (χ1) is 8.90. The van der Waals surface area contributed by atoms with Gasteiger partial charge in [-0.15, -0.1) is 0 Å². The molecule has 0 unspecified atom stereocenters. The first-order valence-corrected chi connectivity index (χ1v) is 7.03. The van der Waals surface area contributed by atoms with Crippen molar-refractivity contribution in [1.29, 1.82) is 0 Å². The van der Waals surface area contributed by atoms with Crippen molar-refractivity contribution in [2.75, 3.05) is 23.7 Å². The summed E-state index contributed by atoms with van der Waals surface area (Å²) in [5, 5.41) is 6.62. The van der Waals surface area contributed by atoms with Gasteiger partial charge < -0.3 is 16.4 Å². The second kappa shape index (κ2) is 7.28. The van der Waals surface area contributed by atoms with Crippen LogP contribution in [0, 0.1) is 6.92 Å². The van der Waals surface area contributed by atoms with Crippen LogP contribution in [0.2, 0.25) is 0 Å². The number of aryl methyl sites for hydroxylation is 1. The van der Waals surface area contributed by atoms with Gasteiger partial charge in [0.1, 0.15) is 17.5 Å². The molecule has 0 fully saturated rings. The second-order valence-electron chi connectivity index (χ2n) is 5.63. The van der Waals surface area contributed by atoms with Gasteiger partial charge in [0.2, 0.25) is 0 Å². The van der Waals surface area contributed by atoms with E-state index in [2.05, 4.69) is 27.5 Å². The van der Waals surface area contributed by atoms with Crippen LogP contribution in [0.3, 0.4) is 0 Å². The molecule has 108 valence electrons. The number of nitrogens with two attached hydrogens (primary N) is 1. The van der Waals surface area contributed by atoms with Crippen LogP contribution in [-0.2, 0) is 0 Å². The van der Waals surface area contributed by atoms with Crippen LogP contribution >= 0.6 is 0 Å². The SMILES string of the molecule is CCCCNc1cc(NCCC(C)(C)N)nc(C)n1. The first-order valence-electron chi connectivity index (χ1n) is 7.03. The Morgan fingerprint density at radius 2 is 1.74 bits per heavy atom. The van der Waals surface area contributed by atoms with Gasteiger partial charge in [0.25, 0.3) is 0 Å². The van der Waals surface area contributed by atoms with Crippen molar-refractivity contribution in [3.8, 4) is 0 Å². The van der Waals surface area contributed by atoms with Crippen LogP contribution in [0.5, 0.6) is 0 Å². The van der Waals surface area contributed by atoms with E-state index < -0.39 is 0 Å². The predicted molar refractivity (Wildman–Crippen MR) is 81.5 cm³/mol. The van der Waals surface area contributed by atoms with Gasteiger partial charge in [-0.25, -0.2) is 9.97 Å². The number of hydrogen-bond acceptors (Lipinski definition) is 5. The molecule has 0 aromatic carbocycles. The Kier molecular flexibility index (Phi) is 6.02. The van der Waals surface area contributed by atoms with Gasteiger partial charge in [-0.3, -0.25) is 0 Å². The molecule has 1 aromatic heterocycles. The quantitative estimate of drug-likeness (QED) is 0.630. The number of rotatable bonds is 8. The van der Waals surface area contributed by atoms with Crippen molar-refractivity contribution in [2.45, 2.75) is 52.5 Å². The number of aromatic nitrogens is 2. The normalized spacial score (nSPS) is 11.4. The first kappa shape index (κ1) is 15.7. The minimum atomic E-state index is -0.155. The maximum Gasteiger partial charge on any atom is 0.131 e. The van der Waals surface area contributed by atoms with Gasteiger partial charge in [0.15, 0.2) is 0 Å². The minimum absolute atomic E-state index is 0.155. The Labute approximate surface area is 116 Å². The molecule has 1 heterocycles. The molecule has 0 saturated heterocycles. The Morgan fingerprint density at radius 1 is 1.16 bits per heavy atom. The van der Waals surface area contributed by atoms with Crippen LogP contribution in [0.15, 0.2) is 6.07 Å². The van der Waals surface area contributed by atoms with Crippen molar-refractivity contribution in [2.24, 2.45) is 5.73 Å². The average Bonchev–Trinajstić information content (AvgIpc) is 2.27. The van der Waals surface area contributed by atoms with Crippen LogP contribution < -0.4 is 16.4 Å². The van der Waals surface area contributed by atoms with E-state index in [1.54, 1.807) is 0 Å². The zero-order valence-corrected chi connectivity index (χ0v) is 12.6. The summed E-state index contributed by atoms with van der Waals surface area (Å²) in [6.07, 6.45) is 3.22. The highest BCUT2D eigenvalue weighted by Gasteiger charge is 2.10. The fourth-order valence-electron chi connectivity index (χ4n) is 1.65. The molecular formula is C14H27N5. The second-order valence-corrected chi connectivity index (χ2v) is 5.63. The van der Waals surface area contributed by atoms with Gasteiger partial charge in [-0.2, -0.15) is 0 Å². The molecule has 0 atom stereocenters. The summed E-state index contributed by atoms with van der Waals surface area (Å²) in [5.74, 6) is 2.52. The van der Waals surface area contributed by atoms with Crippen molar-refractivity contribution >= 4 is 11.6 Å². The van der Waals surface area contributed by atoms with E-state index in [0.29, 0.717) is 0 Å². The van der Waals surface area contributed by atoms with Gasteiger partial charge in [0, 0.05) is 24.7 Å². The van der Waals surface area contributed by atoms with Gasteiger partial charge in [-0.05, 0) is 33.6 Å². The summed E-state index contributed by atoms with van der Waals surface area (Å²) in [7, 11) is 0. The molecule has 5 heteroatoms. The van der Waals surface area contributed by atoms with E-state index in [-0.39, 0.29) is 5.54 Å². The molecule has 0 aliphatic heterocycles. The fourth-order valence-corrected chi connectivity index (χ4v) is 1.65. The molecule has 0 aliphatic carbocycles. The molecule has 0 spiro atoms. The smallest absolute Gasteiger partial charge is 0.131 e. The molecule has 5 nitrogen and oxygen atoms in total. The monoisotopic (exact) mass is 265 g/mol. The summed E-state index contributed by atoms with van der Waals surface area (Å²) in [5.41, 5.74) is 5.80. The van der Waals surface area contributed by atoms with Crippen molar-refractivity contribution in [3.05, 3.63) is 11.9 Å². The van der Waals surface area contributed by atoms with Crippen LogP contribution in [0.1, 0.15) is 45.9 Å². The summed E-state index contributed by atoms with van der Waals surface area (Å²) < 4.78 is 0. The van der Waals surface area contributed by atoms with Crippen LogP contribution in [0.4, 0.5) is 11.6 Å². The van der Waals surface area contributed by atoms with Crippen molar-refractivity contribution in [3.63, 3.8) is 0 Å². The lowest BCUT2D eigenvalue weighted by Crippen LogP contribution is -2.34. The molecule has 0 saturated carbocycles. The lowest BCUT2D eigenvalue weighted by molar-refractivity contribution is 0.490. The number of nitrogens with zero attached hydrogens (tertiary/aromatic N) is 2. The zero-order valence-electron chi connectivity index (χ0n) is 12.6. The molecule has 0 amide bonds. The van der Waals surface area contributed by atoms with Crippen molar-refractivity contribution < 1.29 is 0 Å². The van der Waals surface area contributed by atoms with E-state index in [0.717, 1.165) is 43.4 Å². The summed E-state index contributed by atoms with van der Waals surface area (Å²) in [4.78, 5) is 8.75. The van der Waals surface area contributed by atoms with Gasteiger partial charge in [-0.1, -0.05) is 13.3 Å². The Morgan fingerprint density at radius 3 is 2.26 bits per heavy atom. The molecule has 0 bridgehead atoms. The zero-order chi connectivity index (χ0) is 14.3. The Hall–Kier alpha value is -1.36. The van der Waals surface area contributed by atoms with Crippen LogP contribution in [0.25, 0.3) is 0 Å². The molecule has 0 radical (unpaired) electrons. The Bertz CT molecular complexity index is 384. The highest BCUT2D eigenvalue weighted by Crippen LogP contribution is 2.12. The van der Waals surface area contributed by atoms with E-state index >= 15 is 0 Å². The summed E-state index contributed by atoms with van der Waals surface area (Å²) in [6.45, 7) is 9.89. The largest absolute Gasteiger partial charge is 0.370 e. The van der Waals surface area contributed by atoms with Crippen LogP contribution in [-0.4, -0.2) is 28.6 Å². The lowest BCUT2D eigenvalue weighted by atomic mass is 10.0.